The minimum absolute atomic E-state index is 0.121. The molecule has 6 rings (SSSR count). The highest BCUT2D eigenvalue weighted by Crippen LogP contribution is 2.31. The fourth-order valence-corrected chi connectivity index (χ4v) is 4.56. The Kier molecular flexibility index (Phi) is 5.98. The number of nitrogen functional groups attached to an aromatic ring is 1. The van der Waals surface area contributed by atoms with E-state index >= 15 is 0 Å². The summed E-state index contributed by atoms with van der Waals surface area (Å²) in [6, 6.07) is 21.0. The van der Waals surface area contributed by atoms with Crippen LogP contribution in [0.5, 0.6) is 0 Å². The predicted molar refractivity (Wildman–Crippen MR) is 150 cm³/mol. The van der Waals surface area contributed by atoms with Crippen molar-refractivity contribution in [3.05, 3.63) is 108 Å². The SMILES string of the molecule is C[C@@H](NC(=O)c1c(N)nc2cccnn12)c1cc2cccc(C#Cc3cnn(C)c3)c2nc1-c1ccccc1. The molecule has 190 valence electrons. The second-order valence-corrected chi connectivity index (χ2v) is 9.16. The van der Waals surface area contributed by atoms with Crippen molar-refractivity contribution in [1.82, 2.24) is 34.7 Å². The number of hydrogen-bond acceptors (Lipinski definition) is 6. The number of imidazole rings is 1. The van der Waals surface area contributed by atoms with E-state index in [0.717, 1.165) is 38.9 Å². The molecule has 1 amide bonds. The maximum atomic E-state index is 13.4. The van der Waals surface area contributed by atoms with Crippen molar-refractivity contribution >= 4 is 28.3 Å². The van der Waals surface area contributed by atoms with E-state index in [2.05, 4.69) is 38.4 Å². The Labute approximate surface area is 224 Å². The van der Waals surface area contributed by atoms with Gasteiger partial charge in [-0.3, -0.25) is 9.48 Å². The van der Waals surface area contributed by atoms with Crippen LogP contribution in [0.4, 0.5) is 5.82 Å². The Morgan fingerprint density at radius 1 is 1.00 bits per heavy atom. The molecule has 9 nitrogen and oxygen atoms in total. The number of benzene rings is 2. The zero-order chi connectivity index (χ0) is 26.9. The molecule has 39 heavy (non-hydrogen) atoms. The van der Waals surface area contributed by atoms with Crippen LogP contribution in [0.1, 0.15) is 40.1 Å². The van der Waals surface area contributed by atoms with Crippen LogP contribution in [0.25, 0.3) is 27.8 Å². The molecule has 0 bridgehead atoms. The third-order valence-corrected chi connectivity index (χ3v) is 6.42. The Balaban J connectivity index is 1.43. The second kappa shape index (κ2) is 9.76. The molecule has 0 spiro atoms. The summed E-state index contributed by atoms with van der Waals surface area (Å²) in [4.78, 5) is 22.7. The minimum Gasteiger partial charge on any atom is -0.382 e. The molecule has 0 unspecified atom stereocenters. The van der Waals surface area contributed by atoms with Crippen LogP contribution < -0.4 is 11.1 Å². The lowest BCUT2D eigenvalue weighted by molar-refractivity contribution is 0.0934. The summed E-state index contributed by atoms with van der Waals surface area (Å²) in [5.41, 5.74) is 11.8. The van der Waals surface area contributed by atoms with Gasteiger partial charge in [0.15, 0.2) is 17.2 Å². The summed E-state index contributed by atoms with van der Waals surface area (Å²) in [6.45, 7) is 1.92. The Bertz CT molecular complexity index is 1910. The third kappa shape index (κ3) is 4.55. The second-order valence-electron chi connectivity index (χ2n) is 9.16. The highest BCUT2D eigenvalue weighted by atomic mass is 16.2. The van der Waals surface area contributed by atoms with Crippen molar-refractivity contribution in [2.24, 2.45) is 7.05 Å². The van der Waals surface area contributed by atoms with Gasteiger partial charge >= 0.3 is 0 Å². The standard InChI is InChI=1S/C30H24N8O/c1-19(34-30(39)28-29(31)35-25-12-7-15-32-38(25)28)24-16-23-11-6-10-22(14-13-20-17-33-37(2)18-20)26(23)36-27(24)21-8-4-3-5-9-21/h3-12,15-19H,31H2,1-2H3,(H,34,39)/t19-/m1/s1. The normalized spacial score (nSPS) is 11.7. The molecule has 0 aliphatic heterocycles. The van der Waals surface area contributed by atoms with Gasteiger partial charge < -0.3 is 11.1 Å². The summed E-state index contributed by atoms with van der Waals surface area (Å²) in [7, 11) is 1.86. The van der Waals surface area contributed by atoms with Crippen molar-refractivity contribution < 1.29 is 4.79 Å². The number of pyridine rings is 1. The Morgan fingerprint density at radius 2 is 1.85 bits per heavy atom. The van der Waals surface area contributed by atoms with E-state index in [9.17, 15) is 4.79 Å². The number of fused-ring (bicyclic) bond motifs is 2. The highest BCUT2D eigenvalue weighted by molar-refractivity contribution is 5.98. The predicted octanol–water partition coefficient (Wildman–Crippen LogP) is 4.15. The van der Waals surface area contributed by atoms with E-state index in [-0.39, 0.29) is 17.4 Å². The van der Waals surface area contributed by atoms with Gasteiger partial charge in [0.2, 0.25) is 0 Å². The third-order valence-electron chi connectivity index (χ3n) is 6.42. The molecule has 1 atom stereocenters. The van der Waals surface area contributed by atoms with Crippen LogP contribution in [-0.2, 0) is 7.05 Å². The number of para-hydroxylation sites is 1. The van der Waals surface area contributed by atoms with E-state index in [4.69, 9.17) is 10.7 Å². The van der Waals surface area contributed by atoms with Crippen LogP contribution in [0, 0.1) is 11.8 Å². The monoisotopic (exact) mass is 512 g/mol. The zero-order valence-electron chi connectivity index (χ0n) is 21.3. The van der Waals surface area contributed by atoms with E-state index in [1.54, 1.807) is 29.2 Å². The van der Waals surface area contributed by atoms with Crippen LogP contribution in [-0.4, -0.2) is 35.3 Å². The first-order valence-corrected chi connectivity index (χ1v) is 12.4. The van der Waals surface area contributed by atoms with E-state index in [1.165, 1.54) is 4.52 Å². The van der Waals surface area contributed by atoms with Gasteiger partial charge in [-0.05, 0) is 31.2 Å². The number of carbonyl (C=O) groups is 1. The number of rotatable bonds is 4. The molecular formula is C30H24N8O. The maximum absolute atomic E-state index is 13.4. The Morgan fingerprint density at radius 3 is 2.64 bits per heavy atom. The van der Waals surface area contributed by atoms with Gasteiger partial charge in [-0.2, -0.15) is 10.2 Å². The number of amides is 1. The summed E-state index contributed by atoms with van der Waals surface area (Å²) < 4.78 is 3.17. The molecule has 0 saturated heterocycles. The van der Waals surface area contributed by atoms with Crippen LogP contribution >= 0.6 is 0 Å². The lowest BCUT2D eigenvalue weighted by Gasteiger charge is -2.19. The number of hydrogen-bond donors (Lipinski definition) is 2. The maximum Gasteiger partial charge on any atom is 0.274 e. The molecule has 2 aromatic carbocycles. The average molecular weight is 513 g/mol. The quantitative estimate of drug-likeness (QED) is 0.343. The molecule has 0 radical (unpaired) electrons. The molecule has 4 heterocycles. The van der Waals surface area contributed by atoms with E-state index < -0.39 is 6.04 Å². The fourth-order valence-electron chi connectivity index (χ4n) is 4.56. The Hall–Kier alpha value is -5.49. The summed E-state index contributed by atoms with van der Waals surface area (Å²) in [5, 5.41) is 12.4. The molecule has 0 fully saturated rings. The van der Waals surface area contributed by atoms with Crippen LogP contribution in [0.15, 0.2) is 85.3 Å². The highest BCUT2D eigenvalue weighted by Gasteiger charge is 2.23. The fraction of sp³-hybridized carbons (Fsp3) is 0.100. The smallest absolute Gasteiger partial charge is 0.274 e. The molecular weight excluding hydrogens is 488 g/mol. The first-order chi connectivity index (χ1) is 19.0. The van der Waals surface area contributed by atoms with Gasteiger partial charge in [0.25, 0.3) is 5.91 Å². The molecule has 6 aromatic rings. The molecule has 9 heteroatoms. The molecule has 0 aliphatic rings. The number of aryl methyl sites for hydroxylation is 1. The lowest BCUT2D eigenvalue weighted by Crippen LogP contribution is -2.29. The lowest BCUT2D eigenvalue weighted by atomic mass is 9.97. The van der Waals surface area contributed by atoms with Crippen LogP contribution in [0.3, 0.4) is 0 Å². The van der Waals surface area contributed by atoms with Crippen LogP contribution in [0.2, 0.25) is 0 Å². The van der Waals surface area contributed by atoms with Crippen molar-refractivity contribution in [3.8, 4) is 23.1 Å². The van der Waals surface area contributed by atoms with E-state index in [0.29, 0.717) is 5.65 Å². The zero-order valence-corrected chi connectivity index (χ0v) is 21.3. The first kappa shape index (κ1) is 23.9. The number of aromatic nitrogens is 6. The summed E-state index contributed by atoms with van der Waals surface area (Å²) in [6.07, 6.45) is 5.19. The van der Waals surface area contributed by atoms with Gasteiger partial charge in [-0.1, -0.05) is 54.3 Å². The summed E-state index contributed by atoms with van der Waals surface area (Å²) in [5.74, 6) is 6.18. The first-order valence-electron chi connectivity index (χ1n) is 12.4. The van der Waals surface area contributed by atoms with Gasteiger partial charge in [-0.15, -0.1) is 0 Å². The molecule has 4 aromatic heterocycles. The number of carbonyl (C=O) groups excluding carboxylic acids is 1. The minimum atomic E-state index is -0.400. The van der Waals surface area contributed by atoms with Crippen molar-refractivity contribution in [1.29, 1.82) is 0 Å². The van der Waals surface area contributed by atoms with Gasteiger partial charge in [0.1, 0.15) is 0 Å². The van der Waals surface area contributed by atoms with E-state index in [1.807, 2.05) is 68.7 Å². The van der Waals surface area contributed by atoms with Crippen molar-refractivity contribution in [2.75, 3.05) is 5.73 Å². The molecule has 0 aliphatic carbocycles. The topological polar surface area (TPSA) is 116 Å². The number of nitrogens with zero attached hydrogens (tertiary/aromatic N) is 6. The van der Waals surface area contributed by atoms with Crippen molar-refractivity contribution in [2.45, 2.75) is 13.0 Å². The summed E-state index contributed by atoms with van der Waals surface area (Å²) >= 11 is 0. The van der Waals surface area contributed by atoms with Gasteiger partial charge in [0.05, 0.1) is 34.6 Å². The van der Waals surface area contributed by atoms with Crippen molar-refractivity contribution in [3.63, 3.8) is 0 Å². The molecule has 0 saturated carbocycles. The average Bonchev–Trinajstić information content (AvgIpc) is 3.52. The number of nitrogens with two attached hydrogens (primary N) is 1. The molecule has 3 N–H and O–H groups in total. The number of anilines is 1. The van der Waals surface area contributed by atoms with Gasteiger partial charge in [-0.25, -0.2) is 14.5 Å². The largest absolute Gasteiger partial charge is 0.382 e. The number of nitrogens with one attached hydrogen (secondary N) is 1. The van der Waals surface area contributed by atoms with Gasteiger partial charge in [0, 0.05) is 36.0 Å².